The van der Waals surface area contributed by atoms with E-state index in [0.29, 0.717) is 23.1 Å². The smallest absolute Gasteiger partial charge is 0.278 e. The number of benzene rings is 3. The second-order valence-electron chi connectivity index (χ2n) is 7.05. The predicted octanol–water partition coefficient (Wildman–Crippen LogP) is 5.16. The van der Waals surface area contributed by atoms with Crippen molar-refractivity contribution in [1.29, 1.82) is 0 Å². The van der Waals surface area contributed by atoms with Crippen molar-refractivity contribution in [2.75, 3.05) is 17.5 Å². The Kier molecular flexibility index (Phi) is 7.43. The van der Waals surface area contributed by atoms with Crippen molar-refractivity contribution in [3.05, 3.63) is 82.9 Å². The minimum atomic E-state index is -4.22. The largest absolute Gasteiger partial charge is 0.494 e. The molecule has 0 fully saturated rings. The Morgan fingerprint density at radius 3 is 2.06 bits per heavy atom. The Hall–Kier alpha value is -3.03. The van der Waals surface area contributed by atoms with Crippen molar-refractivity contribution in [3.63, 3.8) is 0 Å². The van der Waals surface area contributed by atoms with Gasteiger partial charge in [-0.15, -0.1) is 0 Å². The van der Waals surface area contributed by atoms with E-state index in [1.165, 1.54) is 36.4 Å². The highest BCUT2D eigenvalue weighted by atomic mass is 35.5. The minimum Gasteiger partial charge on any atom is -0.494 e. The zero-order valence-electron chi connectivity index (χ0n) is 18.0. The summed E-state index contributed by atoms with van der Waals surface area (Å²) in [7, 11) is -4.22. The second-order valence-corrected chi connectivity index (χ2v) is 9.28. The van der Waals surface area contributed by atoms with Crippen LogP contribution in [0.2, 0.25) is 5.02 Å². The van der Waals surface area contributed by atoms with Gasteiger partial charge in [0.05, 0.1) is 17.2 Å². The van der Waals surface area contributed by atoms with Gasteiger partial charge >= 0.3 is 0 Å². The van der Waals surface area contributed by atoms with E-state index < -0.39 is 22.5 Å². The van der Waals surface area contributed by atoms with E-state index in [9.17, 15) is 13.2 Å². The minimum absolute atomic E-state index is 0.0591. The summed E-state index contributed by atoms with van der Waals surface area (Å²) in [6, 6.07) is 17.5. The van der Waals surface area contributed by atoms with Gasteiger partial charge in [0.25, 0.3) is 15.9 Å². The average Bonchev–Trinajstić information content (AvgIpc) is 2.75. The maximum absolute atomic E-state index is 13.4. The van der Waals surface area contributed by atoms with E-state index in [-0.39, 0.29) is 10.6 Å². The number of hydrogen-bond acceptors (Lipinski definition) is 5. The molecule has 1 amide bonds. The number of aryl methyl sites for hydroxylation is 2. The molecule has 3 rings (SSSR count). The lowest BCUT2D eigenvalue weighted by Gasteiger charge is -2.23. The van der Waals surface area contributed by atoms with Crippen LogP contribution in [-0.4, -0.2) is 27.5 Å². The van der Waals surface area contributed by atoms with E-state index >= 15 is 0 Å². The van der Waals surface area contributed by atoms with Crippen molar-refractivity contribution in [3.8, 4) is 11.5 Å². The molecule has 3 aromatic carbocycles. The van der Waals surface area contributed by atoms with Crippen LogP contribution in [-0.2, 0) is 14.8 Å². The number of hydrogen-bond donors (Lipinski definition) is 0. The van der Waals surface area contributed by atoms with Crippen molar-refractivity contribution in [2.24, 2.45) is 0 Å². The molecule has 0 aliphatic carbocycles. The molecule has 32 heavy (non-hydrogen) atoms. The van der Waals surface area contributed by atoms with Crippen molar-refractivity contribution < 1.29 is 22.7 Å². The van der Waals surface area contributed by atoms with Crippen LogP contribution >= 0.6 is 11.6 Å². The van der Waals surface area contributed by atoms with Gasteiger partial charge in [-0.05, 0) is 80.4 Å². The molecule has 6 nitrogen and oxygen atoms in total. The van der Waals surface area contributed by atoms with Gasteiger partial charge in [0.2, 0.25) is 0 Å². The Bertz CT molecular complexity index is 1170. The van der Waals surface area contributed by atoms with Crippen LogP contribution in [0.1, 0.15) is 18.1 Å². The molecule has 8 heteroatoms. The molecular weight excluding hydrogens is 450 g/mol. The summed E-state index contributed by atoms with van der Waals surface area (Å²) in [5.41, 5.74) is 1.88. The van der Waals surface area contributed by atoms with Crippen LogP contribution in [0.25, 0.3) is 0 Å². The third-order valence-electron chi connectivity index (χ3n) is 4.71. The van der Waals surface area contributed by atoms with E-state index in [2.05, 4.69) is 0 Å². The van der Waals surface area contributed by atoms with Crippen LogP contribution < -0.4 is 13.8 Å². The third-order valence-corrected chi connectivity index (χ3v) is 6.72. The Morgan fingerprint density at radius 1 is 0.906 bits per heavy atom. The quantitative estimate of drug-likeness (QED) is 0.452. The predicted molar refractivity (Wildman–Crippen MR) is 125 cm³/mol. The standard InChI is InChI=1S/C24H24ClNO5S/c1-4-30-21-12-10-20(11-13-21)26(32(28,29)22-14-8-19(25)9-15-22)23(27)16-31-24-17(2)6-5-7-18(24)3/h5-15H,4,16H2,1-3H3. The van der Waals surface area contributed by atoms with Gasteiger partial charge in [-0.1, -0.05) is 29.8 Å². The highest BCUT2D eigenvalue weighted by Crippen LogP contribution is 2.28. The van der Waals surface area contributed by atoms with Crippen LogP contribution in [0.15, 0.2) is 71.6 Å². The number of nitrogens with zero attached hydrogens (tertiary/aromatic N) is 1. The first-order valence-corrected chi connectivity index (χ1v) is 11.8. The first kappa shape index (κ1) is 23.6. The molecular formula is C24H24ClNO5S. The third kappa shape index (κ3) is 5.23. The van der Waals surface area contributed by atoms with Gasteiger partial charge in [0, 0.05) is 5.02 Å². The lowest BCUT2D eigenvalue weighted by atomic mass is 10.1. The number of ether oxygens (including phenoxy) is 2. The number of amides is 1. The monoisotopic (exact) mass is 473 g/mol. The summed E-state index contributed by atoms with van der Waals surface area (Å²) in [6.45, 7) is 5.59. The number of anilines is 1. The number of carbonyl (C=O) groups excluding carboxylic acids is 1. The van der Waals surface area contributed by atoms with Crippen molar-refractivity contribution in [1.82, 2.24) is 0 Å². The number of sulfonamides is 1. The molecule has 0 aliphatic heterocycles. The molecule has 0 spiro atoms. The lowest BCUT2D eigenvalue weighted by Crippen LogP contribution is -2.40. The molecule has 0 aromatic heterocycles. The topological polar surface area (TPSA) is 72.9 Å². The Morgan fingerprint density at radius 2 is 1.50 bits per heavy atom. The SMILES string of the molecule is CCOc1ccc(N(C(=O)COc2c(C)cccc2C)S(=O)(=O)c2ccc(Cl)cc2)cc1. The first-order chi connectivity index (χ1) is 15.2. The van der Waals surface area contributed by atoms with Crippen molar-refractivity contribution in [2.45, 2.75) is 25.7 Å². The molecule has 0 heterocycles. The van der Waals surface area contributed by atoms with Gasteiger partial charge in [-0.2, -0.15) is 4.31 Å². The fourth-order valence-electron chi connectivity index (χ4n) is 3.19. The fraction of sp³-hybridized carbons (Fsp3) is 0.208. The van der Waals surface area contributed by atoms with Gasteiger partial charge < -0.3 is 9.47 Å². The number of para-hydroxylation sites is 1. The summed E-state index contributed by atoms with van der Waals surface area (Å²) in [6.07, 6.45) is 0. The molecule has 0 atom stereocenters. The second kappa shape index (κ2) is 10.1. The molecule has 0 bridgehead atoms. The van der Waals surface area contributed by atoms with Gasteiger partial charge in [0.1, 0.15) is 11.5 Å². The van der Waals surface area contributed by atoms with E-state index in [4.69, 9.17) is 21.1 Å². The summed E-state index contributed by atoms with van der Waals surface area (Å²) < 4.78 is 38.7. The summed E-state index contributed by atoms with van der Waals surface area (Å²) >= 11 is 5.91. The summed E-state index contributed by atoms with van der Waals surface area (Å²) in [4.78, 5) is 13.1. The lowest BCUT2D eigenvalue weighted by molar-refractivity contribution is -0.119. The molecule has 0 unspecified atom stereocenters. The van der Waals surface area contributed by atoms with Crippen molar-refractivity contribution >= 4 is 33.2 Å². The fourth-order valence-corrected chi connectivity index (χ4v) is 4.73. The highest BCUT2D eigenvalue weighted by molar-refractivity contribution is 7.93. The molecule has 0 saturated carbocycles. The maximum Gasteiger partial charge on any atom is 0.278 e. The average molecular weight is 474 g/mol. The van der Waals surface area contributed by atoms with Crippen LogP contribution in [0, 0.1) is 13.8 Å². The molecule has 168 valence electrons. The molecule has 0 N–H and O–H groups in total. The zero-order chi connectivity index (χ0) is 23.3. The number of rotatable bonds is 8. The maximum atomic E-state index is 13.4. The highest BCUT2D eigenvalue weighted by Gasteiger charge is 2.31. The molecule has 3 aromatic rings. The molecule has 0 aliphatic rings. The van der Waals surface area contributed by atoms with E-state index in [0.717, 1.165) is 15.4 Å². The zero-order valence-corrected chi connectivity index (χ0v) is 19.6. The Labute approximate surface area is 193 Å². The first-order valence-electron chi connectivity index (χ1n) is 9.99. The summed E-state index contributed by atoms with van der Waals surface area (Å²) in [5.74, 6) is 0.391. The number of halogens is 1. The van der Waals surface area contributed by atoms with Gasteiger partial charge in [-0.3, -0.25) is 4.79 Å². The summed E-state index contributed by atoms with van der Waals surface area (Å²) in [5, 5.41) is 0.390. The van der Waals surface area contributed by atoms with Gasteiger partial charge in [0.15, 0.2) is 6.61 Å². The van der Waals surface area contributed by atoms with E-state index in [1.807, 2.05) is 39.0 Å². The van der Waals surface area contributed by atoms with Crippen LogP contribution in [0.4, 0.5) is 5.69 Å². The van der Waals surface area contributed by atoms with E-state index in [1.54, 1.807) is 12.1 Å². The van der Waals surface area contributed by atoms with Crippen LogP contribution in [0.3, 0.4) is 0 Å². The molecule has 0 saturated heterocycles. The molecule has 0 radical (unpaired) electrons. The normalized spacial score (nSPS) is 11.1. The van der Waals surface area contributed by atoms with Crippen LogP contribution in [0.5, 0.6) is 11.5 Å². The number of carbonyl (C=O) groups is 1. The van der Waals surface area contributed by atoms with Gasteiger partial charge in [-0.25, -0.2) is 8.42 Å². The Balaban J connectivity index is 1.97.